The molecular weight excluding hydrogens is 302 g/mol. The molecule has 0 aromatic rings. The van der Waals surface area contributed by atoms with Gasteiger partial charge in [0.15, 0.2) is 0 Å². The lowest BCUT2D eigenvalue weighted by atomic mass is 10.1. The van der Waals surface area contributed by atoms with E-state index in [0.717, 1.165) is 0 Å². The summed E-state index contributed by atoms with van der Waals surface area (Å²) in [5, 5.41) is 11.3. The molecule has 1 heterocycles. The Kier molecular flexibility index (Phi) is 6.47. The van der Waals surface area contributed by atoms with Crippen LogP contribution in [0, 0.1) is 0 Å². The van der Waals surface area contributed by atoms with Crippen LogP contribution in [0.2, 0.25) is 0 Å². The summed E-state index contributed by atoms with van der Waals surface area (Å²) in [6.07, 6.45) is 2.31. The Labute approximate surface area is 126 Å². The molecule has 3 unspecified atom stereocenters. The standard InChI is InChI=1S/C11H19N3O4S2/c1-6-14(8(5-20-6)10(16)17)9(15)7(3-4-19-2)13-11(12)18/h6-8H,3-5H2,1-2H3,(H,16,17)(H3,12,13,18). The van der Waals surface area contributed by atoms with Crippen LogP contribution >= 0.6 is 23.5 Å². The molecule has 9 heteroatoms. The summed E-state index contributed by atoms with van der Waals surface area (Å²) in [5.41, 5.74) is 5.08. The maximum atomic E-state index is 12.5. The van der Waals surface area contributed by atoms with Gasteiger partial charge in [0.1, 0.15) is 12.1 Å². The number of thioether (sulfide) groups is 2. The molecule has 0 bridgehead atoms. The minimum Gasteiger partial charge on any atom is -0.480 e. The van der Waals surface area contributed by atoms with E-state index in [-0.39, 0.29) is 11.3 Å². The first kappa shape index (κ1) is 17.0. The van der Waals surface area contributed by atoms with Crippen LogP contribution in [0.4, 0.5) is 4.79 Å². The van der Waals surface area contributed by atoms with Crippen molar-refractivity contribution < 1.29 is 19.5 Å². The van der Waals surface area contributed by atoms with Crippen LogP contribution in [0.3, 0.4) is 0 Å². The lowest BCUT2D eigenvalue weighted by Gasteiger charge is -2.29. The molecule has 1 fully saturated rings. The molecule has 1 aliphatic rings. The third kappa shape index (κ3) is 4.20. The number of amides is 3. The fraction of sp³-hybridized carbons (Fsp3) is 0.727. The van der Waals surface area contributed by atoms with Crippen molar-refractivity contribution in [1.82, 2.24) is 10.2 Å². The molecule has 7 nitrogen and oxygen atoms in total. The highest BCUT2D eigenvalue weighted by molar-refractivity contribution is 8.00. The Morgan fingerprint density at radius 2 is 2.20 bits per heavy atom. The van der Waals surface area contributed by atoms with E-state index in [1.54, 1.807) is 18.7 Å². The highest BCUT2D eigenvalue weighted by atomic mass is 32.2. The predicted octanol–water partition coefficient (Wildman–Crippen LogP) is 0.151. The van der Waals surface area contributed by atoms with Gasteiger partial charge < -0.3 is 21.1 Å². The van der Waals surface area contributed by atoms with Crippen molar-refractivity contribution in [3.8, 4) is 0 Å². The molecule has 1 saturated heterocycles. The van der Waals surface area contributed by atoms with E-state index in [9.17, 15) is 14.4 Å². The highest BCUT2D eigenvalue weighted by Crippen LogP contribution is 2.29. The average molecular weight is 321 g/mol. The number of hydrogen-bond donors (Lipinski definition) is 3. The molecule has 0 spiro atoms. The van der Waals surface area contributed by atoms with E-state index < -0.39 is 24.1 Å². The van der Waals surface area contributed by atoms with Gasteiger partial charge in [-0.15, -0.1) is 11.8 Å². The zero-order chi connectivity index (χ0) is 15.3. The van der Waals surface area contributed by atoms with Crippen molar-refractivity contribution in [2.75, 3.05) is 17.8 Å². The highest BCUT2D eigenvalue weighted by Gasteiger charge is 2.41. The van der Waals surface area contributed by atoms with Crippen LogP contribution < -0.4 is 11.1 Å². The SMILES string of the molecule is CSCCC(NC(N)=O)C(=O)N1C(C)SCC1C(=O)O. The van der Waals surface area contributed by atoms with Gasteiger partial charge in [-0.3, -0.25) is 4.79 Å². The number of rotatable bonds is 6. The van der Waals surface area contributed by atoms with Gasteiger partial charge in [-0.25, -0.2) is 9.59 Å². The van der Waals surface area contributed by atoms with Gasteiger partial charge in [0.25, 0.3) is 0 Å². The molecule has 0 aromatic carbocycles. The summed E-state index contributed by atoms with van der Waals surface area (Å²) in [4.78, 5) is 36.0. The second kappa shape index (κ2) is 7.63. The summed E-state index contributed by atoms with van der Waals surface area (Å²) >= 11 is 2.95. The van der Waals surface area contributed by atoms with Crippen molar-refractivity contribution in [2.45, 2.75) is 30.8 Å². The lowest BCUT2D eigenvalue weighted by Crippen LogP contribution is -2.55. The van der Waals surface area contributed by atoms with Crippen molar-refractivity contribution in [2.24, 2.45) is 5.73 Å². The predicted molar refractivity (Wildman–Crippen MR) is 79.7 cm³/mol. The molecule has 4 N–H and O–H groups in total. The number of primary amides is 1. The van der Waals surface area contributed by atoms with E-state index >= 15 is 0 Å². The monoisotopic (exact) mass is 321 g/mol. The number of hydrogen-bond acceptors (Lipinski definition) is 5. The quantitative estimate of drug-likeness (QED) is 0.642. The Hall–Kier alpha value is -1.09. The van der Waals surface area contributed by atoms with E-state index in [2.05, 4.69) is 5.32 Å². The van der Waals surface area contributed by atoms with Crippen LogP contribution in [-0.4, -0.2) is 63.1 Å². The molecule has 1 rings (SSSR count). The van der Waals surface area contributed by atoms with Crippen molar-refractivity contribution in [3.05, 3.63) is 0 Å². The number of carbonyl (C=O) groups is 3. The fourth-order valence-corrected chi connectivity index (χ4v) is 3.66. The normalized spacial score (nSPS) is 23.4. The van der Waals surface area contributed by atoms with E-state index in [4.69, 9.17) is 10.8 Å². The first-order valence-corrected chi connectivity index (χ1v) is 8.54. The number of carbonyl (C=O) groups excluding carboxylic acids is 2. The van der Waals surface area contributed by atoms with Gasteiger partial charge in [0.05, 0.1) is 5.37 Å². The second-order valence-corrected chi connectivity index (χ2v) is 6.71. The Morgan fingerprint density at radius 3 is 2.70 bits per heavy atom. The molecular formula is C11H19N3O4S2. The molecule has 0 radical (unpaired) electrons. The van der Waals surface area contributed by atoms with Gasteiger partial charge in [-0.2, -0.15) is 11.8 Å². The molecule has 3 amide bonds. The molecule has 3 atom stereocenters. The molecule has 0 saturated carbocycles. The number of nitrogens with two attached hydrogens (primary N) is 1. The van der Waals surface area contributed by atoms with Crippen LogP contribution in [-0.2, 0) is 9.59 Å². The van der Waals surface area contributed by atoms with E-state index in [1.165, 1.54) is 16.7 Å². The molecule has 0 aliphatic carbocycles. The van der Waals surface area contributed by atoms with Crippen molar-refractivity contribution >= 4 is 41.4 Å². The van der Waals surface area contributed by atoms with Crippen molar-refractivity contribution in [1.29, 1.82) is 0 Å². The topological polar surface area (TPSA) is 113 Å². The number of urea groups is 1. The minimum absolute atomic E-state index is 0.227. The average Bonchev–Trinajstić information content (AvgIpc) is 2.75. The third-order valence-electron chi connectivity index (χ3n) is 2.99. The number of carboxylic acid groups (broad SMARTS) is 1. The van der Waals surface area contributed by atoms with E-state index in [1.807, 2.05) is 6.26 Å². The van der Waals surface area contributed by atoms with E-state index in [0.29, 0.717) is 17.9 Å². The van der Waals surface area contributed by atoms with Gasteiger partial charge in [-0.05, 0) is 25.4 Å². The first-order chi connectivity index (χ1) is 9.38. The zero-order valence-corrected chi connectivity index (χ0v) is 13.0. The number of carboxylic acids is 1. The third-order valence-corrected chi connectivity index (χ3v) is 4.85. The number of aliphatic carboxylic acids is 1. The molecule has 114 valence electrons. The van der Waals surface area contributed by atoms with Gasteiger partial charge >= 0.3 is 12.0 Å². The van der Waals surface area contributed by atoms with Crippen LogP contribution in [0.1, 0.15) is 13.3 Å². The molecule has 0 aromatic heterocycles. The second-order valence-electron chi connectivity index (χ2n) is 4.37. The number of nitrogens with zero attached hydrogens (tertiary/aromatic N) is 1. The first-order valence-electron chi connectivity index (χ1n) is 6.10. The lowest BCUT2D eigenvalue weighted by molar-refractivity contribution is -0.149. The largest absolute Gasteiger partial charge is 0.480 e. The Bertz CT molecular complexity index is 394. The smallest absolute Gasteiger partial charge is 0.327 e. The maximum Gasteiger partial charge on any atom is 0.327 e. The Morgan fingerprint density at radius 1 is 1.55 bits per heavy atom. The maximum absolute atomic E-state index is 12.5. The zero-order valence-electron chi connectivity index (χ0n) is 11.4. The van der Waals surface area contributed by atoms with Gasteiger partial charge in [0, 0.05) is 5.75 Å². The minimum atomic E-state index is -1.03. The fourth-order valence-electron chi connectivity index (χ4n) is 2.01. The van der Waals surface area contributed by atoms with Gasteiger partial charge in [0.2, 0.25) is 5.91 Å². The molecule has 20 heavy (non-hydrogen) atoms. The van der Waals surface area contributed by atoms with Crippen molar-refractivity contribution in [3.63, 3.8) is 0 Å². The summed E-state index contributed by atoms with van der Waals surface area (Å²) in [6.45, 7) is 1.78. The van der Waals surface area contributed by atoms with Crippen LogP contribution in [0.25, 0.3) is 0 Å². The number of nitrogens with one attached hydrogen (secondary N) is 1. The summed E-state index contributed by atoms with van der Waals surface area (Å²) in [5.74, 6) is -0.390. The summed E-state index contributed by atoms with van der Waals surface area (Å²) in [6, 6.07) is -2.41. The summed E-state index contributed by atoms with van der Waals surface area (Å²) < 4.78 is 0. The van der Waals surface area contributed by atoms with Gasteiger partial charge in [-0.1, -0.05) is 0 Å². The molecule has 1 aliphatic heterocycles. The van der Waals surface area contributed by atoms with Crippen LogP contribution in [0.5, 0.6) is 0 Å². The summed E-state index contributed by atoms with van der Waals surface area (Å²) in [7, 11) is 0. The Balaban J connectivity index is 2.85. The van der Waals surface area contributed by atoms with Crippen LogP contribution in [0.15, 0.2) is 0 Å².